The van der Waals surface area contributed by atoms with Crippen molar-refractivity contribution in [1.29, 1.82) is 0 Å². The summed E-state index contributed by atoms with van der Waals surface area (Å²) in [7, 11) is 1.48. The number of anilines is 2. The second-order valence-corrected chi connectivity index (χ2v) is 11.8. The van der Waals surface area contributed by atoms with Gasteiger partial charge in [0.05, 0.1) is 30.6 Å². The van der Waals surface area contributed by atoms with Crippen LogP contribution < -0.4 is 20.3 Å². The molecule has 10 heteroatoms. The minimum absolute atomic E-state index is 0.113. The molecule has 3 aromatic carbocycles. The molecule has 2 aliphatic rings. The predicted molar refractivity (Wildman–Crippen MR) is 167 cm³/mol. The molecule has 2 heterocycles. The van der Waals surface area contributed by atoms with Gasteiger partial charge in [0.15, 0.2) is 0 Å². The molecule has 0 aliphatic carbocycles. The molecule has 0 radical (unpaired) electrons. The van der Waals surface area contributed by atoms with E-state index < -0.39 is 23.4 Å². The molecule has 0 bridgehead atoms. The Labute approximate surface area is 256 Å². The van der Waals surface area contributed by atoms with E-state index in [1.165, 1.54) is 24.1 Å². The number of methoxy groups -OCH3 is 1. The number of hydrogen-bond donors (Lipinski definition) is 2. The quantitative estimate of drug-likeness (QED) is 0.381. The molecule has 0 spiro atoms. The van der Waals surface area contributed by atoms with Crippen LogP contribution in [0.25, 0.3) is 5.57 Å². The third-order valence-electron chi connectivity index (χ3n) is 7.48. The molecule has 3 aromatic rings. The zero-order valence-electron chi connectivity index (χ0n) is 25.4. The van der Waals surface area contributed by atoms with Crippen molar-refractivity contribution in [3.8, 4) is 5.75 Å². The van der Waals surface area contributed by atoms with Crippen molar-refractivity contribution in [3.05, 3.63) is 95.3 Å². The average Bonchev–Trinajstić information content (AvgIpc) is 3.12. The number of nitrogens with one attached hydrogen (secondary N) is 2. The van der Waals surface area contributed by atoms with Crippen molar-refractivity contribution in [2.75, 3.05) is 37.0 Å². The van der Waals surface area contributed by atoms with E-state index in [4.69, 9.17) is 9.47 Å². The lowest BCUT2D eigenvalue weighted by Gasteiger charge is -2.29. The van der Waals surface area contributed by atoms with Gasteiger partial charge in [-0.1, -0.05) is 42.5 Å². The molecule has 0 saturated heterocycles. The summed E-state index contributed by atoms with van der Waals surface area (Å²) >= 11 is 0. The molecule has 0 saturated carbocycles. The molecule has 0 fully saturated rings. The summed E-state index contributed by atoms with van der Waals surface area (Å²) in [5.74, 6) is -0.955. The van der Waals surface area contributed by atoms with Crippen molar-refractivity contribution in [3.63, 3.8) is 0 Å². The molecule has 5 rings (SSSR count). The summed E-state index contributed by atoms with van der Waals surface area (Å²) in [6.07, 6.45) is 2.17. The lowest BCUT2D eigenvalue weighted by molar-refractivity contribution is -0.120. The summed E-state index contributed by atoms with van der Waals surface area (Å²) in [5.41, 5.74) is 3.36. The van der Waals surface area contributed by atoms with Gasteiger partial charge in [0.2, 0.25) is 0 Å². The van der Waals surface area contributed by atoms with Gasteiger partial charge in [-0.15, -0.1) is 0 Å². The van der Waals surface area contributed by atoms with Crippen molar-refractivity contribution < 1.29 is 28.2 Å². The van der Waals surface area contributed by atoms with Crippen LogP contribution in [0.2, 0.25) is 0 Å². The first-order chi connectivity index (χ1) is 21.0. The zero-order chi connectivity index (χ0) is 31.4. The summed E-state index contributed by atoms with van der Waals surface area (Å²) in [6.45, 7) is 6.68. The highest BCUT2D eigenvalue weighted by Gasteiger charge is 2.33. The van der Waals surface area contributed by atoms with Gasteiger partial charge in [0.1, 0.15) is 23.2 Å². The van der Waals surface area contributed by atoms with E-state index in [9.17, 15) is 18.8 Å². The van der Waals surface area contributed by atoms with Crippen LogP contribution in [0.4, 0.5) is 20.6 Å². The number of carbonyl (C=O) groups is 3. The number of hydrogen-bond acceptors (Lipinski definition) is 6. The molecular weight excluding hydrogens is 563 g/mol. The average molecular weight is 601 g/mol. The zero-order valence-corrected chi connectivity index (χ0v) is 25.4. The minimum Gasteiger partial charge on any atom is -0.496 e. The van der Waals surface area contributed by atoms with Crippen LogP contribution in [0.5, 0.6) is 5.75 Å². The smallest absolute Gasteiger partial charge is 0.410 e. The van der Waals surface area contributed by atoms with E-state index in [0.717, 1.165) is 16.7 Å². The molecule has 230 valence electrons. The second kappa shape index (κ2) is 12.8. The van der Waals surface area contributed by atoms with Gasteiger partial charge in [0.25, 0.3) is 11.8 Å². The third kappa shape index (κ3) is 7.02. The van der Waals surface area contributed by atoms with Crippen LogP contribution in [0.1, 0.15) is 48.7 Å². The number of ether oxygens (including phenoxy) is 2. The minimum atomic E-state index is -0.939. The van der Waals surface area contributed by atoms with Crippen molar-refractivity contribution in [2.45, 2.75) is 45.4 Å². The molecule has 0 aromatic heterocycles. The lowest BCUT2D eigenvalue weighted by atomic mass is 9.97. The molecule has 2 aliphatic heterocycles. The number of rotatable bonds is 6. The maximum absolute atomic E-state index is 14.3. The van der Waals surface area contributed by atoms with Crippen LogP contribution in [-0.2, 0) is 16.1 Å². The Kier molecular flexibility index (Phi) is 8.89. The Morgan fingerprint density at radius 3 is 2.52 bits per heavy atom. The Balaban J connectivity index is 1.36. The summed E-state index contributed by atoms with van der Waals surface area (Å²) in [5, 5.41) is 6.08. The molecular formula is C34H37FN4O5. The topological polar surface area (TPSA) is 100 Å². The first-order valence-electron chi connectivity index (χ1n) is 14.6. The maximum atomic E-state index is 14.3. The fourth-order valence-electron chi connectivity index (χ4n) is 5.27. The number of amides is 3. The highest BCUT2D eigenvalue weighted by atomic mass is 19.1. The Bertz CT molecular complexity index is 1580. The van der Waals surface area contributed by atoms with Gasteiger partial charge < -0.3 is 29.9 Å². The van der Waals surface area contributed by atoms with Gasteiger partial charge in [-0.25, -0.2) is 9.18 Å². The normalized spacial score (nSPS) is 16.7. The van der Waals surface area contributed by atoms with Gasteiger partial charge in [0, 0.05) is 19.6 Å². The molecule has 44 heavy (non-hydrogen) atoms. The standard InChI is InChI=1S/C34H37FN4O5/c1-34(2,3)44-33(42)38-16-14-23(15-17-38)24-10-13-30(43-4)26(18-24)31(40)37-28-20-36-27-12-11-25(35)19-29(27)39(32(28)41)21-22-8-6-5-7-9-22/h5-14,18-19,28,36H,15-17,20-21H2,1-4H3,(H,37,40)/t28-/m0/s1. The number of carbonyl (C=O) groups excluding carboxylic acids is 3. The van der Waals surface area contributed by atoms with Crippen LogP contribution in [0.15, 0.2) is 72.8 Å². The van der Waals surface area contributed by atoms with Crippen LogP contribution in [-0.4, -0.2) is 61.2 Å². The van der Waals surface area contributed by atoms with Crippen LogP contribution in [0.3, 0.4) is 0 Å². The number of benzene rings is 3. The van der Waals surface area contributed by atoms with E-state index in [1.807, 2.05) is 63.2 Å². The highest BCUT2D eigenvalue weighted by Crippen LogP contribution is 2.32. The monoisotopic (exact) mass is 600 g/mol. The van der Waals surface area contributed by atoms with Gasteiger partial charge in [-0.3, -0.25) is 9.59 Å². The Morgan fingerprint density at radius 2 is 1.84 bits per heavy atom. The van der Waals surface area contributed by atoms with E-state index in [0.29, 0.717) is 36.6 Å². The Morgan fingerprint density at radius 1 is 1.07 bits per heavy atom. The lowest BCUT2D eigenvalue weighted by Crippen LogP contribution is -2.50. The fourth-order valence-corrected chi connectivity index (χ4v) is 5.27. The number of nitrogens with zero attached hydrogens (tertiary/aromatic N) is 2. The van der Waals surface area contributed by atoms with E-state index in [1.54, 1.807) is 23.1 Å². The number of halogens is 1. The van der Waals surface area contributed by atoms with Gasteiger partial charge in [-0.2, -0.15) is 0 Å². The summed E-state index contributed by atoms with van der Waals surface area (Å²) in [6, 6.07) is 18.0. The van der Waals surface area contributed by atoms with Gasteiger partial charge >= 0.3 is 6.09 Å². The SMILES string of the molecule is COc1ccc(C2=CCN(C(=O)OC(C)(C)C)CC2)cc1C(=O)N[C@H]1CNc2ccc(F)cc2N(Cc2ccccc2)C1=O. The molecule has 2 N–H and O–H groups in total. The van der Waals surface area contributed by atoms with E-state index >= 15 is 0 Å². The fraction of sp³-hybridized carbons (Fsp3) is 0.324. The molecule has 0 unspecified atom stereocenters. The first-order valence-corrected chi connectivity index (χ1v) is 14.6. The first kappa shape index (κ1) is 30.6. The van der Waals surface area contributed by atoms with E-state index in [-0.39, 0.29) is 30.7 Å². The maximum Gasteiger partial charge on any atom is 0.410 e. The van der Waals surface area contributed by atoms with Crippen molar-refractivity contribution in [2.24, 2.45) is 0 Å². The second-order valence-electron chi connectivity index (χ2n) is 11.8. The van der Waals surface area contributed by atoms with Crippen LogP contribution >= 0.6 is 0 Å². The molecule has 1 atom stereocenters. The Hall–Kier alpha value is -4.86. The number of fused-ring (bicyclic) bond motifs is 1. The summed E-state index contributed by atoms with van der Waals surface area (Å²) in [4.78, 5) is 43.2. The predicted octanol–water partition coefficient (Wildman–Crippen LogP) is 5.62. The third-order valence-corrected chi connectivity index (χ3v) is 7.48. The molecule has 9 nitrogen and oxygen atoms in total. The van der Waals surface area contributed by atoms with E-state index in [2.05, 4.69) is 10.6 Å². The van der Waals surface area contributed by atoms with Gasteiger partial charge in [-0.05, 0) is 74.2 Å². The highest BCUT2D eigenvalue weighted by molar-refractivity contribution is 6.06. The van der Waals surface area contributed by atoms with Crippen LogP contribution in [0, 0.1) is 5.82 Å². The molecule has 3 amide bonds. The van der Waals surface area contributed by atoms with Crippen molar-refractivity contribution in [1.82, 2.24) is 10.2 Å². The largest absolute Gasteiger partial charge is 0.496 e. The summed E-state index contributed by atoms with van der Waals surface area (Å²) < 4.78 is 25.3. The van der Waals surface area contributed by atoms with Crippen molar-refractivity contribution >= 4 is 34.9 Å².